The smallest absolute Gasteiger partial charge is 0.319 e. The second-order valence-electron chi connectivity index (χ2n) is 3.10. The summed E-state index contributed by atoms with van der Waals surface area (Å²) < 4.78 is 4.69. The first-order valence-electron chi connectivity index (χ1n) is 5.01. The molecule has 0 aliphatic carbocycles. The number of unbranched alkanes of at least 4 members (excludes halogenated alkanes) is 2. The predicted molar refractivity (Wildman–Crippen MR) is 62.6 cm³/mol. The Morgan fingerprint density at radius 3 is 2.71 bits per heavy atom. The highest BCUT2D eigenvalue weighted by Gasteiger charge is 2.15. The third-order valence-electron chi connectivity index (χ3n) is 1.99. The molecule has 0 fully saturated rings. The van der Waals surface area contributed by atoms with Crippen LogP contribution >= 0.6 is 11.8 Å². The van der Waals surface area contributed by atoms with E-state index in [2.05, 4.69) is 23.8 Å². The monoisotopic (exact) mass is 216 g/mol. The fourth-order valence-electron chi connectivity index (χ4n) is 1.08. The average molecular weight is 216 g/mol. The van der Waals surface area contributed by atoms with Crippen LogP contribution in [0.3, 0.4) is 0 Å². The summed E-state index contributed by atoms with van der Waals surface area (Å²) in [5.41, 5.74) is 0. The lowest BCUT2D eigenvalue weighted by molar-refractivity contribution is -0.139. The lowest BCUT2D eigenvalue weighted by Gasteiger charge is -2.08. The van der Waals surface area contributed by atoms with Crippen LogP contribution in [0.15, 0.2) is 12.2 Å². The minimum atomic E-state index is -0.127. The number of hydrogen-bond donors (Lipinski definition) is 0. The van der Waals surface area contributed by atoms with Gasteiger partial charge >= 0.3 is 5.97 Å². The van der Waals surface area contributed by atoms with Gasteiger partial charge in [0.2, 0.25) is 0 Å². The second kappa shape index (κ2) is 9.13. The number of hydrogen-bond acceptors (Lipinski definition) is 3. The quantitative estimate of drug-likeness (QED) is 0.372. The second-order valence-corrected chi connectivity index (χ2v) is 4.14. The molecule has 3 heteroatoms. The SMILES string of the molecule is CCCC/C=C/CC(SC)C(=O)OC. The Labute approximate surface area is 91.1 Å². The van der Waals surface area contributed by atoms with Gasteiger partial charge in [-0.05, 0) is 19.1 Å². The minimum absolute atomic E-state index is 0.0436. The lowest BCUT2D eigenvalue weighted by Crippen LogP contribution is -2.17. The molecular formula is C11H20O2S. The number of rotatable bonds is 7. The molecule has 0 radical (unpaired) electrons. The van der Waals surface area contributed by atoms with Crippen molar-refractivity contribution in [2.45, 2.75) is 37.9 Å². The molecule has 0 N–H and O–H groups in total. The fourth-order valence-corrected chi connectivity index (χ4v) is 1.67. The van der Waals surface area contributed by atoms with Gasteiger partial charge in [0.1, 0.15) is 5.25 Å². The van der Waals surface area contributed by atoms with E-state index in [-0.39, 0.29) is 11.2 Å². The maximum atomic E-state index is 11.2. The van der Waals surface area contributed by atoms with Crippen molar-refractivity contribution in [3.8, 4) is 0 Å². The number of carbonyl (C=O) groups is 1. The zero-order chi connectivity index (χ0) is 10.8. The molecule has 0 aliphatic heterocycles. The standard InChI is InChI=1S/C11H20O2S/c1-4-5-6-7-8-9-10(14-3)11(12)13-2/h7-8,10H,4-6,9H2,1-3H3/b8-7+. The van der Waals surface area contributed by atoms with Crippen molar-refractivity contribution in [1.29, 1.82) is 0 Å². The van der Waals surface area contributed by atoms with E-state index in [1.54, 1.807) is 11.8 Å². The Bertz CT molecular complexity index is 178. The van der Waals surface area contributed by atoms with Crippen LogP contribution < -0.4 is 0 Å². The van der Waals surface area contributed by atoms with Crippen molar-refractivity contribution >= 4 is 17.7 Å². The van der Waals surface area contributed by atoms with E-state index < -0.39 is 0 Å². The average Bonchev–Trinajstić information content (AvgIpc) is 2.22. The highest BCUT2D eigenvalue weighted by atomic mass is 32.2. The van der Waals surface area contributed by atoms with Gasteiger partial charge in [-0.25, -0.2) is 0 Å². The highest BCUT2D eigenvalue weighted by Crippen LogP contribution is 2.13. The fraction of sp³-hybridized carbons (Fsp3) is 0.727. The van der Waals surface area contributed by atoms with E-state index in [1.165, 1.54) is 20.0 Å². The normalized spacial score (nSPS) is 13.1. The molecule has 2 nitrogen and oxygen atoms in total. The summed E-state index contributed by atoms with van der Waals surface area (Å²) in [6.07, 6.45) is 10.5. The van der Waals surface area contributed by atoms with Gasteiger partial charge in [-0.15, -0.1) is 11.8 Å². The van der Waals surface area contributed by atoms with Crippen molar-refractivity contribution in [3.63, 3.8) is 0 Å². The van der Waals surface area contributed by atoms with Crippen LogP contribution in [0, 0.1) is 0 Å². The van der Waals surface area contributed by atoms with Crippen molar-refractivity contribution < 1.29 is 9.53 Å². The number of methoxy groups -OCH3 is 1. The van der Waals surface area contributed by atoms with E-state index >= 15 is 0 Å². The Morgan fingerprint density at radius 1 is 1.50 bits per heavy atom. The number of thioether (sulfide) groups is 1. The van der Waals surface area contributed by atoms with Gasteiger partial charge in [-0.2, -0.15) is 0 Å². The zero-order valence-corrected chi connectivity index (χ0v) is 10.1. The minimum Gasteiger partial charge on any atom is -0.468 e. The topological polar surface area (TPSA) is 26.3 Å². The Morgan fingerprint density at radius 2 is 2.21 bits per heavy atom. The van der Waals surface area contributed by atoms with Crippen molar-refractivity contribution in [1.82, 2.24) is 0 Å². The number of carbonyl (C=O) groups excluding carboxylic acids is 1. The molecule has 0 heterocycles. The molecule has 0 rings (SSSR count). The van der Waals surface area contributed by atoms with Crippen molar-refractivity contribution in [3.05, 3.63) is 12.2 Å². The third kappa shape index (κ3) is 6.08. The van der Waals surface area contributed by atoms with Crippen molar-refractivity contribution in [2.24, 2.45) is 0 Å². The number of esters is 1. The first kappa shape index (κ1) is 13.6. The number of allylic oxidation sites excluding steroid dienone is 2. The maximum Gasteiger partial charge on any atom is 0.319 e. The van der Waals surface area contributed by atoms with Gasteiger partial charge in [-0.3, -0.25) is 4.79 Å². The van der Waals surface area contributed by atoms with Gasteiger partial charge < -0.3 is 4.74 Å². The summed E-state index contributed by atoms with van der Waals surface area (Å²) in [6, 6.07) is 0. The Hall–Kier alpha value is -0.440. The van der Waals surface area contributed by atoms with Crippen LogP contribution in [0.2, 0.25) is 0 Å². The van der Waals surface area contributed by atoms with E-state index in [0.717, 1.165) is 12.8 Å². The molecule has 1 atom stereocenters. The lowest BCUT2D eigenvalue weighted by atomic mass is 10.2. The van der Waals surface area contributed by atoms with E-state index in [9.17, 15) is 4.79 Å². The molecule has 82 valence electrons. The molecule has 0 aliphatic rings. The van der Waals surface area contributed by atoms with Crippen molar-refractivity contribution in [2.75, 3.05) is 13.4 Å². The van der Waals surface area contributed by atoms with Crippen LogP contribution in [0.4, 0.5) is 0 Å². The summed E-state index contributed by atoms with van der Waals surface area (Å²) in [7, 11) is 1.44. The molecule has 1 unspecified atom stereocenters. The Balaban J connectivity index is 3.72. The molecular weight excluding hydrogens is 196 g/mol. The molecule has 0 bridgehead atoms. The molecule has 14 heavy (non-hydrogen) atoms. The van der Waals surface area contributed by atoms with Crippen LogP contribution in [0.1, 0.15) is 32.6 Å². The van der Waals surface area contributed by atoms with E-state index in [0.29, 0.717) is 0 Å². The first-order valence-corrected chi connectivity index (χ1v) is 6.30. The van der Waals surface area contributed by atoms with Crippen LogP contribution in [0.5, 0.6) is 0 Å². The molecule has 0 spiro atoms. The molecule has 0 aromatic heterocycles. The summed E-state index contributed by atoms with van der Waals surface area (Å²) >= 11 is 1.54. The largest absolute Gasteiger partial charge is 0.468 e. The van der Waals surface area contributed by atoms with Gasteiger partial charge in [-0.1, -0.05) is 31.9 Å². The van der Waals surface area contributed by atoms with E-state index in [4.69, 9.17) is 0 Å². The zero-order valence-electron chi connectivity index (χ0n) is 9.29. The summed E-state index contributed by atoms with van der Waals surface area (Å²) in [6.45, 7) is 2.17. The Kier molecular flexibility index (Phi) is 8.84. The molecule has 0 amide bonds. The van der Waals surface area contributed by atoms with Gasteiger partial charge in [0, 0.05) is 0 Å². The van der Waals surface area contributed by atoms with Gasteiger partial charge in [0.25, 0.3) is 0 Å². The molecule has 0 saturated carbocycles. The van der Waals surface area contributed by atoms with Crippen LogP contribution in [-0.2, 0) is 9.53 Å². The van der Waals surface area contributed by atoms with Crippen LogP contribution in [0.25, 0.3) is 0 Å². The summed E-state index contributed by atoms with van der Waals surface area (Å²) in [5, 5.41) is -0.0436. The third-order valence-corrected chi connectivity index (χ3v) is 2.94. The summed E-state index contributed by atoms with van der Waals surface area (Å²) in [4.78, 5) is 11.2. The molecule has 0 saturated heterocycles. The van der Waals surface area contributed by atoms with E-state index in [1.807, 2.05) is 6.26 Å². The number of ether oxygens (including phenoxy) is 1. The summed E-state index contributed by atoms with van der Waals surface area (Å²) in [5.74, 6) is -0.127. The molecule has 0 aromatic rings. The molecule has 0 aromatic carbocycles. The van der Waals surface area contributed by atoms with Gasteiger partial charge in [0.05, 0.1) is 7.11 Å². The first-order chi connectivity index (χ1) is 6.76. The maximum absolute atomic E-state index is 11.2. The van der Waals surface area contributed by atoms with Gasteiger partial charge in [0.15, 0.2) is 0 Å². The predicted octanol–water partition coefficient (Wildman–Crippen LogP) is 3.03. The highest BCUT2D eigenvalue weighted by molar-refractivity contribution is 7.99. The van der Waals surface area contributed by atoms with Crippen LogP contribution in [-0.4, -0.2) is 24.6 Å².